The number of rotatable bonds is 8. The highest BCUT2D eigenvalue weighted by atomic mass is 35.5. The van der Waals surface area contributed by atoms with Crippen LogP contribution in [0.5, 0.6) is 11.5 Å². The number of ketones is 1. The number of phenolic OH excluding ortho intramolecular Hbond substituents is 1. The molecule has 1 saturated carbocycles. The number of hydrogen-bond donors (Lipinski definition) is 1. The van der Waals surface area contributed by atoms with Crippen LogP contribution < -0.4 is 14.5 Å². The van der Waals surface area contributed by atoms with Crippen molar-refractivity contribution >= 4 is 52.4 Å². The average Bonchev–Trinajstić information content (AvgIpc) is 3.61. The molecule has 58 heavy (non-hydrogen) atoms. The smallest absolute Gasteiger partial charge is 0.241 e. The Kier molecular flexibility index (Phi) is 9.12. The maximum Gasteiger partial charge on any atom is 0.241 e. The molecule has 2 aliphatic carbocycles. The summed E-state index contributed by atoms with van der Waals surface area (Å²) in [7, 11) is 0. The Morgan fingerprint density at radius 1 is 0.793 bits per heavy atom. The molecular formula is C47H36ClFN2O7. The Labute approximate surface area is 338 Å². The van der Waals surface area contributed by atoms with E-state index >= 15 is 0 Å². The predicted octanol–water partition coefficient (Wildman–Crippen LogP) is 8.43. The zero-order valence-electron chi connectivity index (χ0n) is 31.2. The third-order valence-electron chi connectivity index (χ3n) is 12.4. The van der Waals surface area contributed by atoms with Crippen LogP contribution >= 0.6 is 11.6 Å². The topological polar surface area (TPSA) is 121 Å². The molecule has 11 heteroatoms. The van der Waals surface area contributed by atoms with Gasteiger partial charge in [-0.25, -0.2) is 9.29 Å². The Bertz CT molecular complexity index is 2560. The van der Waals surface area contributed by atoms with Crippen molar-refractivity contribution in [2.45, 2.75) is 32.3 Å². The largest absolute Gasteiger partial charge is 0.508 e. The molecule has 3 fully saturated rings. The van der Waals surface area contributed by atoms with Crippen LogP contribution in [0.3, 0.4) is 0 Å². The Hall–Kier alpha value is -6.39. The molecule has 2 heterocycles. The number of hydrogen-bond acceptors (Lipinski definition) is 7. The number of aromatic hydroxyl groups is 1. The zero-order valence-corrected chi connectivity index (χ0v) is 31.9. The number of fused-ring (bicyclic) bond motifs is 4. The number of carbonyl (C=O) groups excluding carboxylic acids is 5. The van der Waals surface area contributed by atoms with Crippen molar-refractivity contribution in [3.8, 4) is 11.5 Å². The second-order valence-corrected chi connectivity index (χ2v) is 15.9. The monoisotopic (exact) mass is 794 g/mol. The van der Waals surface area contributed by atoms with E-state index in [9.17, 15) is 33.5 Å². The predicted molar refractivity (Wildman–Crippen MR) is 214 cm³/mol. The number of nitrogens with zero attached hydrogens (tertiary/aromatic N) is 2. The van der Waals surface area contributed by atoms with Gasteiger partial charge in [0.25, 0.3) is 0 Å². The first-order valence-electron chi connectivity index (χ1n) is 19.1. The molecular weight excluding hydrogens is 759 g/mol. The van der Waals surface area contributed by atoms with Crippen LogP contribution in [0.1, 0.15) is 52.7 Å². The lowest BCUT2D eigenvalue weighted by Crippen LogP contribution is -2.48. The fourth-order valence-electron chi connectivity index (χ4n) is 9.60. The first kappa shape index (κ1) is 37.2. The number of halogens is 2. The van der Waals surface area contributed by atoms with Crippen LogP contribution in [0, 0.1) is 34.9 Å². The van der Waals surface area contributed by atoms with E-state index in [1.54, 1.807) is 67.6 Å². The summed E-state index contributed by atoms with van der Waals surface area (Å²) in [5.41, 5.74) is 1.85. The number of benzene rings is 5. The molecule has 0 aromatic heterocycles. The van der Waals surface area contributed by atoms with Crippen LogP contribution in [0.4, 0.5) is 15.8 Å². The molecule has 1 N–H and O–H groups in total. The molecule has 0 radical (unpaired) electrons. The molecule has 6 unspecified atom stereocenters. The molecule has 6 atom stereocenters. The van der Waals surface area contributed by atoms with Crippen LogP contribution in [0.15, 0.2) is 133 Å². The number of carbonyl (C=O) groups is 5. The van der Waals surface area contributed by atoms with Gasteiger partial charge in [-0.05, 0) is 79.8 Å². The average molecular weight is 795 g/mol. The molecule has 0 bridgehead atoms. The van der Waals surface area contributed by atoms with Crippen LogP contribution in [0.2, 0.25) is 5.02 Å². The van der Waals surface area contributed by atoms with E-state index in [0.717, 1.165) is 21.4 Å². The third kappa shape index (κ3) is 5.85. The molecule has 9 nitrogen and oxygen atoms in total. The standard InChI is InChI=1S/C47H36ClFN2O7/c1-47-36(44(55)51(46(47)57)30-16-21-38(49)37(48)22-30)24-35-32(41(47)33-18-17-31(23-39(33)52)58-25-26-8-4-2-5-9-26)19-20-34-40(35)45(56)50(43(34)54)29-14-12-28(13-15-29)42(53)27-10-6-3-7-11-27/h2-19,21-23,34-36,40-41,52H,20,24-25H2,1H3. The van der Waals surface area contributed by atoms with Crippen molar-refractivity contribution in [2.75, 3.05) is 9.80 Å². The summed E-state index contributed by atoms with van der Waals surface area (Å²) in [5.74, 6) is -6.74. The van der Waals surface area contributed by atoms with E-state index < -0.39 is 64.5 Å². The lowest BCUT2D eigenvalue weighted by Gasteiger charge is -2.49. The summed E-state index contributed by atoms with van der Waals surface area (Å²) >= 11 is 6.14. The minimum Gasteiger partial charge on any atom is -0.508 e. The highest BCUT2D eigenvalue weighted by Gasteiger charge is 2.68. The van der Waals surface area contributed by atoms with Gasteiger partial charge in [-0.3, -0.25) is 28.9 Å². The van der Waals surface area contributed by atoms with E-state index in [1.807, 2.05) is 42.5 Å². The second-order valence-electron chi connectivity index (χ2n) is 15.5. The number of amides is 4. The number of phenols is 1. The molecule has 290 valence electrons. The number of allylic oxidation sites excluding steroid dienone is 2. The fraction of sp³-hybridized carbons (Fsp3) is 0.213. The van der Waals surface area contributed by atoms with Crippen molar-refractivity contribution in [3.05, 3.63) is 166 Å². The molecule has 0 spiro atoms. The summed E-state index contributed by atoms with van der Waals surface area (Å²) in [5, 5.41) is 11.5. The quantitative estimate of drug-likeness (QED) is 0.0951. The molecule has 4 amide bonds. The van der Waals surface area contributed by atoms with Crippen LogP contribution in [-0.2, 0) is 25.8 Å². The highest BCUT2D eigenvalue weighted by Crippen LogP contribution is 2.64. The van der Waals surface area contributed by atoms with Crippen molar-refractivity contribution < 1.29 is 38.2 Å². The zero-order chi connectivity index (χ0) is 40.5. The fourth-order valence-corrected chi connectivity index (χ4v) is 9.78. The van der Waals surface area contributed by atoms with Gasteiger partial charge in [-0.15, -0.1) is 0 Å². The molecule has 5 aromatic rings. The molecule has 5 aromatic carbocycles. The van der Waals surface area contributed by atoms with Gasteiger partial charge in [-0.2, -0.15) is 0 Å². The second kappa shape index (κ2) is 14.2. The van der Waals surface area contributed by atoms with E-state index in [2.05, 4.69) is 0 Å². The number of imide groups is 2. The number of anilines is 2. The summed E-state index contributed by atoms with van der Waals surface area (Å²) in [6.07, 6.45) is 2.16. The molecule has 9 rings (SSSR count). The highest BCUT2D eigenvalue weighted by molar-refractivity contribution is 6.32. The SMILES string of the molecule is CC12C(=O)N(c3ccc(F)c(Cl)c3)C(=O)C1CC1C(=CCC3C(=O)N(c4ccc(C(=O)c5ccccc5)cc4)C(=O)C31)C2c1ccc(OCc2ccccc2)cc1O. The Morgan fingerprint density at radius 3 is 2.16 bits per heavy atom. The van der Waals surface area contributed by atoms with Crippen LogP contribution in [-0.4, -0.2) is 34.5 Å². The first-order valence-corrected chi connectivity index (χ1v) is 19.5. The normalized spacial score (nSPS) is 24.9. The van der Waals surface area contributed by atoms with Gasteiger partial charge in [0.2, 0.25) is 23.6 Å². The van der Waals surface area contributed by atoms with Gasteiger partial charge >= 0.3 is 0 Å². The van der Waals surface area contributed by atoms with Gasteiger partial charge in [0.05, 0.1) is 39.6 Å². The van der Waals surface area contributed by atoms with Gasteiger partial charge in [-0.1, -0.05) is 90.0 Å². The molecule has 4 aliphatic rings. The van der Waals surface area contributed by atoms with Gasteiger partial charge in [0.15, 0.2) is 5.78 Å². The molecule has 2 aliphatic heterocycles. The van der Waals surface area contributed by atoms with E-state index in [0.29, 0.717) is 33.7 Å². The van der Waals surface area contributed by atoms with Crippen LogP contribution in [0.25, 0.3) is 0 Å². The first-order chi connectivity index (χ1) is 28.0. The van der Waals surface area contributed by atoms with Gasteiger partial charge in [0.1, 0.15) is 23.9 Å². The summed E-state index contributed by atoms with van der Waals surface area (Å²) in [6, 6.07) is 33.2. The Morgan fingerprint density at radius 2 is 1.47 bits per heavy atom. The summed E-state index contributed by atoms with van der Waals surface area (Å²) in [6.45, 7) is 1.95. The summed E-state index contributed by atoms with van der Waals surface area (Å²) in [4.78, 5) is 73.4. The van der Waals surface area contributed by atoms with Crippen molar-refractivity contribution in [1.82, 2.24) is 0 Å². The van der Waals surface area contributed by atoms with E-state index in [1.165, 1.54) is 18.2 Å². The Balaban J connectivity index is 1.09. The lowest BCUT2D eigenvalue weighted by atomic mass is 9.51. The van der Waals surface area contributed by atoms with Gasteiger partial charge < -0.3 is 9.84 Å². The number of ether oxygens (including phenoxy) is 1. The van der Waals surface area contributed by atoms with Crippen molar-refractivity contribution in [1.29, 1.82) is 0 Å². The van der Waals surface area contributed by atoms with Crippen molar-refractivity contribution in [2.24, 2.45) is 29.1 Å². The van der Waals surface area contributed by atoms with Gasteiger partial charge in [0, 0.05) is 28.7 Å². The molecule has 2 saturated heterocycles. The summed E-state index contributed by atoms with van der Waals surface area (Å²) < 4.78 is 20.3. The third-order valence-corrected chi connectivity index (χ3v) is 12.7. The maximum absolute atomic E-state index is 14.8. The lowest BCUT2D eigenvalue weighted by molar-refractivity contribution is -0.131. The minimum absolute atomic E-state index is 0.0758. The van der Waals surface area contributed by atoms with E-state index in [-0.39, 0.29) is 41.7 Å². The van der Waals surface area contributed by atoms with E-state index in [4.69, 9.17) is 16.3 Å². The maximum atomic E-state index is 14.8. The minimum atomic E-state index is -1.45. The van der Waals surface area contributed by atoms with Crippen molar-refractivity contribution in [3.63, 3.8) is 0 Å².